The summed E-state index contributed by atoms with van der Waals surface area (Å²) in [5.41, 5.74) is 0.709. The van der Waals surface area contributed by atoms with Crippen molar-refractivity contribution in [2.45, 2.75) is 0 Å². The highest BCUT2D eigenvalue weighted by Crippen LogP contribution is 2.27. The number of rotatable bonds is 6. The Bertz CT molecular complexity index is 790. The standard InChI is InChI=1S/C16H19ClN4O4/c1-20(16(23)11-8-21(2)19-15(11)25-4)9-14(22)18-12-7-10(17)5-6-13(12)24-3/h5-8H,9H2,1-4H3,(H,18,22). The number of methoxy groups -OCH3 is 2. The van der Waals surface area contributed by atoms with E-state index in [1.807, 2.05) is 0 Å². The van der Waals surface area contributed by atoms with Crippen LogP contribution in [0.3, 0.4) is 0 Å². The fourth-order valence-electron chi connectivity index (χ4n) is 2.23. The van der Waals surface area contributed by atoms with E-state index in [1.165, 1.54) is 37.0 Å². The molecule has 25 heavy (non-hydrogen) atoms. The summed E-state index contributed by atoms with van der Waals surface area (Å²) in [7, 11) is 6.11. The predicted molar refractivity (Wildman–Crippen MR) is 93.4 cm³/mol. The molecule has 0 unspecified atom stereocenters. The Balaban J connectivity index is 2.07. The van der Waals surface area contributed by atoms with Crippen LogP contribution in [-0.4, -0.2) is 54.3 Å². The Morgan fingerprint density at radius 1 is 1.32 bits per heavy atom. The van der Waals surface area contributed by atoms with Gasteiger partial charge >= 0.3 is 0 Å². The van der Waals surface area contributed by atoms with Crippen molar-refractivity contribution >= 4 is 29.1 Å². The van der Waals surface area contributed by atoms with Gasteiger partial charge in [-0.1, -0.05) is 11.6 Å². The Hall–Kier alpha value is -2.74. The van der Waals surface area contributed by atoms with Crippen LogP contribution in [0.5, 0.6) is 11.6 Å². The number of amides is 2. The molecule has 1 aromatic carbocycles. The van der Waals surface area contributed by atoms with E-state index in [4.69, 9.17) is 21.1 Å². The lowest BCUT2D eigenvalue weighted by atomic mass is 10.2. The molecule has 2 aromatic rings. The summed E-state index contributed by atoms with van der Waals surface area (Å²) in [6.45, 7) is -0.160. The number of aromatic nitrogens is 2. The Labute approximate surface area is 150 Å². The Morgan fingerprint density at radius 2 is 2.04 bits per heavy atom. The maximum atomic E-state index is 12.5. The molecule has 9 heteroatoms. The summed E-state index contributed by atoms with van der Waals surface area (Å²) >= 11 is 5.93. The van der Waals surface area contributed by atoms with Gasteiger partial charge in [0.1, 0.15) is 11.3 Å². The van der Waals surface area contributed by atoms with Crippen LogP contribution in [0, 0.1) is 0 Å². The zero-order chi connectivity index (χ0) is 18.6. The number of likely N-dealkylation sites (N-methyl/N-ethyl adjacent to an activating group) is 1. The minimum atomic E-state index is -0.390. The third-order valence-corrected chi connectivity index (χ3v) is 3.62. The van der Waals surface area contributed by atoms with E-state index in [2.05, 4.69) is 10.4 Å². The zero-order valence-corrected chi connectivity index (χ0v) is 15.1. The quantitative estimate of drug-likeness (QED) is 0.842. The molecule has 0 radical (unpaired) electrons. The number of carbonyl (C=O) groups is 2. The van der Waals surface area contributed by atoms with Crippen molar-refractivity contribution in [3.8, 4) is 11.6 Å². The van der Waals surface area contributed by atoms with Crippen molar-refractivity contribution in [2.24, 2.45) is 7.05 Å². The van der Waals surface area contributed by atoms with E-state index in [0.29, 0.717) is 16.5 Å². The number of carbonyl (C=O) groups excluding carboxylic acids is 2. The minimum absolute atomic E-state index is 0.160. The molecule has 0 aliphatic carbocycles. The van der Waals surface area contributed by atoms with Crippen LogP contribution in [0.4, 0.5) is 5.69 Å². The fraction of sp³-hybridized carbons (Fsp3) is 0.312. The lowest BCUT2D eigenvalue weighted by molar-refractivity contribution is -0.116. The van der Waals surface area contributed by atoms with Gasteiger partial charge in [0.15, 0.2) is 0 Å². The van der Waals surface area contributed by atoms with E-state index >= 15 is 0 Å². The molecule has 0 aliphatic heterocycles. The van der Waals surface area contributed by atoms with Crippen molar-refractivity contribution in [3.63, 3.8) is 0 Å². The molecular weight excluding hydrogens is 348 g/mol. The summed E-state index contributed by atoms with van der Waals surface area (Å²) in [6, 6.07) is 4.87. The Morgan fingerprint density at radius 3 is 2.68 bits per heavy atom. The van der Waals surface area contributed by atoms with Gasteiger partial charge in [0.2, 0.25) is 11.8 Å². The van der Waals surface area contributed by atoms with Gasteiger partial charge in [0.05, 0.1) is 26.5 Å². The topological polar surface area (TPSA) is 85.7 Å². The number of halogens is 1. The van der Waals surface area contributed by atoms with Crippen LogP contribution < -0.4 is 14.8 Å². The minimum Gasteiger partial charge on any atom is -0.495 e. The summed E-state index contributed by atoms with van der Waals surface area (Å²) in [5, 5.41) is 7.16. The SMILES string of the molecule is COc1ccc(Cl)cc1NC(=O)CN(C)C(=O)c1cn(C)nc1OC. The summed E-state index contributed by atoms with van der Waals surface area (Å²) in [5.74, 6) is -0.0886. The van der Waals surface area contributed by atoms with Crippen LogP contribution in [0.2, 0.25) is 5.02 Å². The van der Waals surface area contributed by atoms with Crippen molar-refractivity contribution in [2.75, 3.05) is 33.1 Å². The van der Waals surface area contributed by atoms with Gasteiger partial charge < -0.3 is 19.7 Å². The Kier molecular flexibility index (Phi) is 5.87. The molecule has 134 valence electrons. The summed E-state index contributed by atoms with van der Waals surface area (Å²) in [6.07, 6.45) is 1.54. The van der Waals surface area contributed by atoms with Crippen LogP contribution in [-0.2, 0) is 11.8 Å². The van der Waals surface area contributed by atoms with Gasteiger partial charge in [-0.05, 0) is 18.2 Å². The molecule has 8 nitrogen and oxygen atoms in total. The average Bonchev–Trinajstić information content (AvgIpc) is 2.95. The lowest BCUT2D eigenvalue weighted by Gasteiger charge is -2.17. The summed E-state index contributed by atoms with van der Waals surface area (Å²) in [4.78, 5) is 26.0. The number of anilines is 1. The number of nitrogens with one attached hydrogen (secondary N) is 1. The van der Waals surface area contributed by atoms with Gasteiger partial charge in [-0.25, -0.2) is 0 Å². The molecule has 0 bridgehead atoms. The highest BCUT2D eigenvalue weighted by Gasteiger charge is 2.22. The third kappa shape index (κ3) is 4.42. The fourth-order valence-corrected chi connectivity index (χ4v) is 2.40. The largest absolute Gasteiger partial charge is 0.495 e. The lowest BCUT2D eigenvalue weighted by Crippen LogP contribution is -2.35. The molecule has 1 heterocycles. The normalized spacial score (nSPS) is 10.3. The first-order valence-electron chi connectivity index (χ1n) is 7.32. The molecule has 0 saturated carbocycles. The zero-order valence-electron chi connectivity index (χ0n) is 14.4. The van der Waals surface area contributed by atoms with Gasteiger partial charge in [-0.2, -0.15) is 0 Å². The van der Waals surface area contributed by atoms with Crippen LogP contribution >= 0.6 is 11.6 Å². The molecule has 0 fully saturated rings. The van der Waals surface area contributed by atoms with Crippen molar-refractivity contribution < 1.29 is 19.1 Å². The average molecular weight is 367 g/mol. The van der Waals surface area contributed by atoms with Crippen molar-refractivity contribution in [3.05, 3.63) is 35.0 Å². The van der Waals surface area contributed by atoms with Crippen LogP contribution in [0.25, 0.3) is 0 Å². The molecule has 0 aliphatic rings. The van der Waals surface area contributed by atoms with Crippen molar-refractivity contribution in [1.82, 2.24) is 14.7 Å². The van der Waals surface area contributed by atoms with Crippen molar-refractivity contribution in [1.29, 1.82) is 0 Å². The van der Waals surface area contributed by atoms with Gasteiger partial charge in [0, 0.05) is 25.3 Å². The number of aryl methyl sites for hydroxylation is 1. The van der Waals surface area contributed by atoms with E-state index < -0.39 is 0 Å². The van der Waals surface area contributed by atoms with E-state index in [9.17, 15) is 9.59 Å². The highest BCUT2D eigenvalue weighted by molar-refractivity contribution is 6.31. The monoisotopic (exact) mass is 366 g/mol. The molecule has 2 amide bonds. The highest BCUT2D eigenvalue weighted by atomic mass is 35.5. The molecule has 0 atom stereocenters. The maximum Gasteiger partial charge on any atom is 0.261 e. The molecule has 1 N–H and O–H groups in total. The number of hydrogen-bond donors (Lipinski definition) is 1. The number of ether oxygens (including phenoxy) is 2. The first-order valence-corrected chi connectivity index (χ1v) is 7.70. The molecule has 2 rings (SSSR count). The number of nitrogens with zero attached hydrogens (tertiary/aromatic N) is 3. The van der Waals surface area contributed by atoms with Gasteiger partial charge in [0.25, 0.3) is 5.91 Å². The van der Waals surface area contributed by atoms with Crippen LogP contribution in [0.1, 0.15) is 10.4 Å². The van der Waals surface area contributed by atoms with E-state index in [1.54, 1.807) is 25.2 Å². The number of hydrogen-bond acceptors (Lipinski definition) is 5. The molecular formula is C16H19ClN4O4. The third-order valence-electron chi connectivity index (χ3n) is 3.38. The second-order valence-corrected chi connectivity index (χ2v) is 5.72. The predicted octanol–water partition coefficient (Wildman–Crippen LogP) is 1.80. The second-order valence-electron chi connectivity index (χ2n) is 5.28. The molecule has 0 saturated heterocycles. The first kappa shape index (κ1) is 18.6. The first-order chi connectivity index (χ1) is 11.8. The smallest absolute Gasteiger partial charge is 0.261 e. The summed E-state index contributed by atoms with van der Waals surface area (Å²) < 4.78 is 11.7. The van der Waals surface area contributed by atoms with Gasteiger partial charge in [-0.3, -0.25) is 14.3 Å². The van der Waals surface area contributed by atoms with E-state index in [0.717, 1.165) is 0 Å². The molecule has 1 aromatic heterocycles. The van der Waals surface area contributed by atoms with Gasteiger partial charge in [-0.15, -0.1) is 5.10 Å². The second kappa shape index (κ2) is 7.89. The van der Waals surface area contributed by atoms with E-state index in [-0.39, 0.29) is 29.8 Å². The van der Waals surface area contributed by atoms with Crippen LogP contribution in [0.15, 0.2) is 24.4 Å². The molecule has 0 spiro atoms. The maximum absolute atomic E-state index is 12.5. The number of benzene rings is 1.